The summed E-state index contributed by atoms with van der Waals surface area (Å²) in [6.45, 7) is 6.39. The third kappa shape index (κ3) is 2.69. The maximum atomic E-state index is 6.06. The minimum Gasteiger partial charge on any atom is -0.397 e. The molecule has 1 atom stereocenters. The number of nitrogens with zero attached hydrogens (tertiary/aromatic N) is 1. The van der Waals surface area contributed by atoms with E-state index >= 15 is 0 Å². The molecule has 0 fully saturated rings. The van der Waals surface area contributed by atoms with Crippen molar-refractivity contribution in [2.24, 2.45) is 0 Å². The predicted octanol–water partition coefficient (Wildman–Crippen LogP) is 3.79. The number of hydrogen-bond acceptors (Lipinski definition) is 4. The van der Waals surface area contributed by atoms with Gasteiger partial charge in [0.1, 0.15) is 0 Å². The van der Waals surface area contributed by atoms with E-state index in [1.54, 1.807) is 11.3 Å². The summed E-state index contributed by atoms with van der Waals surface area (Å²) in [6, 6.07) is 4.51. The minimum absolute atomic E-state index is 0.444. The zero-order chi connectivity index (χ0) is 12.4. The fourth-order valence-corrected chi connectivity index (χ4v) is 2.86. The van der Waals surface area contributed by atoms with E-state index in [0.717, 1.165) is 33.0 Å². The van der Waals surface area contributed by atoms with Gasteiger partial charge in [0.25, 0.3) is 0 Å². The van der Waals surface area contributed by atoms with Crippen LogP contribution in [-0.2, 0) is 0 Å². The molecular weight excluding hydrogens is 230 g/mol. The van der Waals surface area contributed by atoms with Crippen molar-refractivity contribution in [1.29, 1.82) is 0 Å². The van der Waals surface area contributed by atoms with Crippen LogP contribution < -0.4 is 11.1 Å². The maximum Gasteiger partial charge on any atom is 0.0907 e. The Morgan fingerprint density at radius 2 is 2.24 bits per heavy atom. The van der Waals surface area contributed by atoms with Crippen LogP contribution >= 0.6 is 11.3 Å². The SMILES string of the molecule is CCCC(C)Nc1cc2nc(C)sc2cc1N. The molecule has 1 aromatic heterocycles. The second-order valence-electron chi connectivity index (χ2n) is 4.47. The van der Waals surface area contributed by atoms with Gasteiger partial charge >= 0.3 is 0 Å². The number of nitrogen functional groups attached to an aromatic ring is 1. The molecule has 1 heterocycles. The highest BCUT2D eigenvalue weighted by Gasteiger charge is 2.08. The molecule has 1 aromatic carbocycles. The Morgan fingerprint density at radius 1 is 1.47 bits per heavy atom. The molecule has 0 bridgehead atoms. The molecule has 17 heavy (non-hydrogen) atoms. The first kappa shape index (κ1) is 12.2. The van der Waals surface area contributed by atoms with Crippen LogP contribution in [0.25, 0.3) is 10.2 Å². The van der Waals surface area contributed by atoms with Crippen molar-refractivity contribution in [2.45, 2.75) is 39.7 Å². The minimum atomic E-state index is 0.444. The summed E-state index contributed by atoms with van der Waals surface area (Å²) in [5, 5.41) is 4.53. The topological polar surface area (TPSA) is 50.9 Å². The molecular formula is C13H19N3S. The van der Waals surface area contributed by atoms with Crippen molar-refractivity contribution in [3.05, 3.63) is 17.1 Å². The second kappa shape index (κ2) is 4.92. The molecule has 0 aliphatic rings. The number of hydrogen-bond donors (Lipinski definition) is 2. The van der Waals surface area contributed by atoms with Crippen LogP contribution in [0.5, 0.6) is 0 Å². The van der Waals surface area contributed by atoms with E-state index in [1.807, 2.05) is 13.0 Å². The van der Waals surface area contributed by atoms with Gasteiger partial charge in [0.05, 0.1) is 26.6 Å². The third-order valence-electron chi connectivity index (χ3n) is 2.79. The third-order valence-corrected chi connectivity index (χ3v) is 3.72. The van der Waals surface area contributed by atoms with E-state index < -0.39 is 0 Å². The summed E-state index contributed by atoms with van der Waals surface area (Å²) < 4.78 is 1.16. The highest BCUT2D eigenvalue weighted by Crippen LogP contribution is 2.30. The van der Waals surface area contributed by atoms with Gasteiger partial charge in [-0.25, -0.2) is 4.98 Å². The molecule has 2 aromatic rings. The molecule has 0 amide bonds. The average Bonchev–Trinajstić information content (AvgIpc) is 2.58. The lowest BCUT2D eigenvalue weighted by molar-refractivity contribution is 0.691. The molecule has 92 valence electrons. The van der Waals surface area contributed by atoms with E-state index in [0.29, 0.717) is 6.04 Å². The molecule has 1 unspecified atom stereocenters. The van der Waals surface area contributed by atoms with Crippen LogP contribution in [0.15, 0.2) is 12.1 Å². The summed E-state index contributed by atoms with van der Waals surface area (Å²) in [5.74, 6) is 0. The summed E-state index contributed by atoms with van der Waals surface area (Å²) in [7, 11) is 0. The highest BCUT2D eigenvalue weighted by atomic mass is 32.1. The van der Waals surface area contributed by atoms with Crippen molar-refractivity contribution >= 4 is 32.9 Å². The fraction of sp³-hybridized carbons (Fsp3) is 0.462. The highest BCUT2D eigenvalue weighted by molar-refractivity contribution is 7.18. The first-order valence-electron chi connectivity index (χ1n) is 6.03. The van der Waals surface area contributed by atoms with E-state index in [9.17, 15) is 0 Å². The molecule has 3 nitrogen and oxygen atoms in total. The maximum absolute atomic E-state index is 6.06. The summed E-state index contributed by atoms with van der Waals surface area (Å²) in [5.41, 5.74) is 8.90. The van der Waals surface area contributed by atoms with Gasteiger partial charge in [-0.1, -0.05) is 13.3 Å². The van der Waals surface area contributed by atoms with E-state index in [-0.39, 0.29) is 0 Å². The number of aromatic nitrogens is 1. The van der Waals surface area contributed by atoms with Crippen molar-refractivity contribution in [2.75, 3.05) is 11.1 Å². The lowest BCUT2D eigenvalue weighted by atomic mass is 10.1. The lowest BCUT2D eigenvalue weighted by Gasteiger charge is -2.15. The Labute approximate surface area is 106 Å². The average molecular weight is 249 g/mol. The van der Waals surface area contributed by atoms with Crippen molar-refractivity contribution in [3.63, 3.8) is 0 Å². The molecule has 0 saturated carbocycles. The number of nitrogens with one attached hydrogen (secondary N) is 1. The van der Waals surface area contributed by atoms with Crippen LogP contribution in [0.2, 0.25) is 0 Å². The zero-order valence-electron chi connectivity index (χ0n) is 10.6. The van der Waals surface area contributed by atoms with E-state index in [1.165, 1.54) is 6.42 Å². The molecule has 0 aliphatic carbocycles. The van der Waals surface area contributed by atoms with Gasteiger partial charge in [0.2, 0.25) is 0 Å². The Kier molecular flexibility index (Phi) is 3.52. The van der Waals surface area contributed by atoms with Crippen molar-refractivity contribution in [3.8, 4) is 0 Å². The van der Waals surface area contributed by atoms with Gasteiger partial charge < -0.3 is 11.1 Å². The van der Waals surface area contributed by atoms with Crippen LogP contribution in [-0.4, -0.2) is 11.0 Å². The van der Waals surface area contributed by atoms with Gasteiger partial charge in [-0.3, -0.25) is 0 Å². The number of aryl methyl sites for hydroxylation is 1. The molecule has 3 N–H and O–H groups in total. The second-order valence-corrected chi connectivity index (χ2v) is 5.71. The molecule has 2 rings (SSSR count). The standard InChI is InChI=1S/C13H19N3S/c1-4-5-8(2)15-11-7-12-13(6-10(11)14)17-9(3)16-12/h6-8,15H,4-5,14H2,1-3H3. The van der Waals surface area contributed by atoms with Crippen LogP contribution in [0.4, 0.5) is 11.4 Å². The molecule has 0 aliphatic heterocycles. The summed E-state index contributed by atoms with van der Waals surface area (Å²) >= 11 is 1.69. The fourth-order valence-electron chi connectivity index (χ4n) is 2.00. The molecule has 0 saturated heterocycles. The first-order valence-corrected chi connectivity index (χ1v) is 6.85. The molecule has 4 heteroatoms. The lowest BCUT2D eigenvalue weighted by Crippen LogP contribution is -2.15. The van der Waals surface area contributed by atoms with Crippen molar-refractivity contribution < 1.29 is 0 Å². The predicted molar refractivity (Wildman–Crippen MR) is 76.8 cm³/mol. The van der Waals surface area contributed by atoms with Gasteiger partial charge in [-0.05, 0) is 32.4 Å². The Morgan fingerprint density at radius 3 is 2.94 bits per heavy atom. The number of rotatable bonds is 4. The van der Waals surface area contributed by atoms with Crippen LogP contribution in [0, 0.1) is 6.92 Å². The number of fused-ring (bicyclic) bond motifs is 1. The number of anilines is 2. The molecule has 0 spiro atoms. The Hall–Kier alpha value is -1.29. The van der Waals surface area contributed by atoms with Crippen LogP contribution in [0.1, 0.15) is 31.7 Å². The number of nitrogens with two attached hydrogens (primary N) is 1. The van der Waals surface area contributed by atoms with E-state index in [4.69, 9.17) is 5.73 Å². The van der Waals surface area contributed by atoms with E-state index in [2.05, 4.69) is 30.2 Å². The summed E-state index contributed by atoms with van der Waals surface area (Å²) in [6.07, 6.45) is 2.32. The Bertz CT molecular complexity index is 519. The zero-order valence-corrected chi connectivity index (χ0v) is 11.4. The number of benzene rings is 1. The van der Waals surface area contributed by atoms with Gasteiger partial charge in [0, 0.05) is 6.04 Å². The van der Waals surface area contributed by atoms with Gasteiger partial charge in [-0.2, -0.15) is 0 Å². The van der Waals surface area contributed by atoms with Gasteiger partial charge in [0.15, 0.2) is 0 Å². The first-order chi connectivity index (χ1) is 8.10. The Balaban J connectivity index is 2.30. The van der Waals surface area contributed by atoms with Crippen LogP contribution in [0.3, 0.4) is 0 Å². The number of thiazole rings is 1. The normalized spacial score (nSPS) is 12.9. The largest absolute Gasteiger partial charge is 0.397 e. The van der Waals surface area contributed by atoms with Crippen molar-refractivity contribution in [1.82, 2.24) is 4.98 Å². The van der Waals surface area contributed by atoms with Gasteiger partial charge in [-0.15, -0.1) is 11.3 Å². The quantitative estimate of drug-likeness (QED) is 0.811. The molecule has 0 radical (unpaired) electrons. The smallest absolute Gasteiger partial charge is 0.0907 e. The monoisotopic (exact) mass is 249 g/mol. The summed E-state index contributed by atoms with van der Waals surface area (Å²) in [4.78, 5) is 4.49.